The fourth-order valence-electron chi connectivity index (χ4n) is 2.33. The van der Waals surface area contributed by atoms with E-state index in [0.29, 0.717) is 5.69 Å². The van der Waals surface area contributed by atoms with Crippen LogP contribution in [0, 0.1) is 6.92 Å². The van der Waals surface area contributed by atoms with Crippen LogP contribution in [0.4, 0.5) is 0 Å². The number of carbonyl (C=O) groups is 1. The quantitative estimate of drug-likeness (QED) is 0.793. The second kappa shape index (κ2) is 6.32. The molecule has 2 N–H and O–H groups in total. The van der Waals surface area contributed by atoms with Gasteiger partial charge in [-0.25, -0.2) is 4.98 Å². The van der Waals surface area contributed by atoms with Gasteiger partial charge in [-0.05, 0) is 55.0 Å². The third-order valence-electron chi connectivity index (χ3n) is 3.45. The van der Waals surface area contributed by atoms with Crippen molar-refractivity contribution in [2.75, 3.05) is 0 Å². The standard InChI is InChI=1S/C19H16N2O2/c1-13-12-15(23-14-6-3-2-4-7-14)10-11-16(13)17-8-5-9-18(21-17)19(20)22/h2-12H,1H3,(H2,20,22). The molecule has 0 bridgehead atoms. The van der Waals surface area contributed by atoms with Gasteiger partial charge in [0.2, 0.25) is 0 Å². The first kappa shape index (κ1) is 14.8. The maximum atomic E-state index is 11.3. The molecular formula is C19H16N2O2. The van der Waals surface area contributed by atoms with E-state index in [4.69, 9.17) is 10.5 Å². The fourth-order valence-corrected chi connectivity index (χ4v) is 2.33. The molecule has 4 nitrogen and oxygen atoms in total. The van der Waals surface area contributed by atoms with Gasteiger partial charge in [-0.15, -0.1) is 0 Å². The Bertz CT molecular complexity index is 845. The predicted molar refractivity (Wildman–Crippen MR) is 89.4 cm³/mol. The molecule has 1 amide bonds. The Morgan fingerprint density at radius 1 is 0.957 bits per heavy atom. The van der Waals surface area contributed by atoms with Crippen LogP contribution >= 0.6 is 0 Å². The van der Waals surface area contributed by atoms with E-state index in [0.717, 1.165) is 22.6 Å². The molecule has 0 saturated carbocycles. The molecule has 0 aliphatic heterocycles. The van der Waals surface area contributed by atoms with Gasteiger partial charge >= 0.3 is 0 Å². The highest BCUT2D eigenvalue weighted by atomic mass is 16.5. The van der Waals surface area contributed by atoms with Crippen molar-refractivity contribution in [1.29, 1.82) is 0 Å². The number of aromatic nitrogens is 1. The summed E-state index contributed by atoms with van der Waals surface area (Å²) < 4.78 is 5.82. The minimum Gasteiger partial charge on any atom is -0.457 e. The SMILES string of the molecule is Cc1cc(Oc2ccccc2)ccc1-c1cccc(C(N)=O)n1. The second-order valence-corrected chi connectivity index (χ2v) is 5.16. The number of rotatable bonds is 4. The van der Waals surface area contributed by atoms with E-state index in [9.17, 15) is 4.79 Å². The van der Waals surface area contributed by atoms with Gasteiger partial charge in [0.1, 0.15) is 17.2 Å². The van der Waals surface area contributed by atoms with Gasteiger partial charge in [0.05, 0.1) is 5.69 Å². The first-order valence-electron chi connectivity index (χ1n) is 7.24. The molecule has 0 atom stereocenters. The summed E-state index contributed by atoms with van der Waals surface area (Å²) in [7, 11) is 0. The third kappa shape index (κ3) is 3.37. The van der Waals surface area contributed by atoms with Gasteiger partial charge < -0.3 is 10.5 Å². The summed E-state index contributed by atoms with van der Waals surface area (Å²) in [5, 5.41) is 0. The molecule has 0 radical (unpaired) electrons. The Labute approximate surface area is 134 Å². The van der Waals surface area contributed by atoms with Crippen LogP contribution in [0.1, 0.15) is 16.1 Å². The van der Waals surface area contributed by atoms with E-state index in [1.54, 1.807) is 12.1 Å². The summed E-state index contributed by atoms with van der Waals surface area (Å²) in [5.41, 5.74) is 8.20. The largest absolute Gasteiger partial charge is 0.457 e. The van der Waals surface area contributed by atoms with Crippen molar-refractivity contribution in [1.82, 2.24) is 4.98 Å². The number of aryl methyl sites for hydroxylation is 1. The average molecular weight is 304 g/mol. The summed E-state index contributed by atoms with van der Waals surface area (Å²) in [5.74, 6) is 1.01. The average Bonchev–Trinajstić information content (AvgIpc) is 2.56. The normalized spacial score (nSPS) is 10.3. The molecule has 0 unspecified atom stereocenters. The molecule has 1 heterocycles. The van der Waals surface area contributed by atoms with Crippen molar-refractivity contribution >= 4 is 5.91 Å². The first-order chi connectivity index (χ1) is 11.1. The molecule has 2 aromatic carbocycles. The molecule has 4 heteroatoms. The Balaban J connectivity index is 1.90. The minimum absolute atomic E-state index is 0.256. The molecule has 0 spiro atoms. The number of carbonyl (C=O) groups excluding carboxylic acids is 1. The van der Waals surface area contributed by atoms with E-state index >= 15 is 0 Å². The number of pyridine rings is 1. The van der Waals surface area contributed by atoms with Crippen molar-refractivity contribution in [3.63, 3.8) is 0 Å². The Kier molecular flexibility index (Phi) is 4.06. The topological polar surface area (TPSA) is 65.2 Å². The molecular weight excluding hydrogens is 288 g/mol. The molecule has 0 aliphatic carbocycles. The zero-order valence-corrected chi connectivity index (χ0v) is 12.7. The van der Waals surface area contributed by atoms with Crippen molar-refractivity contribution < 1.29 is 9.53 Å². The highest BCUT2D eigenvalue weighted by Gasteiger charge is 2.08. The zero-order chi connectivity index (χ0) is 16.2. The Morgan fingerprint density at radius 2 is 1.74 bits per heavy atom. The van der Waals surface area contributed by atoms with Crippen LogP contribution in [-0.2, 0) is 0 Å². The van der Waals surface area contributed by atoms with Crippen molar-refractivity contribution in [3.05, 3.63) is 78.0 Å². The van der Waals surface area contributed by atoms with E-state index in [1.165, 1.54) is 0 Å². The van der Waals surface area contributed by atoms with Crippen molar-refractivity contribution in [3.8, 4) is 22.8 Å². The summed E-state index contributed by atoms with van der Waals surface area (Å²) in [6.45, 7) is 1.98. The summed E-state index contributed by atoms with van der Waals surface area (Å²) in [6.07, 6.45) is 0. The molecule has 0 saturated heterocycles. The Hall–Kier alpha value is -3.14. The van der Waals surface area contributed by atoms with E-state index in [1.807, 2.05) is 61.5 Å². The lowest BCUT2D eigenvalue weighted by molar-refractivity contribution is 0.0995. The lowest BCUT2D eigenvalue weighted by Crippen LogP contribution is -2.13. The molecule has 114 valence electrons. The number of nitrogens with zero attached hydrogens (tertiary/aromatic N) is 1. The maximum absolute atomic E-state index is 11.3. The van der Waals surface area contributed by atoms with Crippen molar-refractivity contribution in [2.45, 2.75) is 6.92 Å². The number of nitrogens with two attached hydrogens (primary N) is 1. The van der Waals surface area contributed by atoms with Crippen LogP contribution in [0.2, 0.25) is 0 Å². The number of benzene rings is 2. The van der Waals surface area contributed by atoms with Crippen LogP contribution in [0.15, 0.2) is 66.7 Å². The predicted octanol–water partition coefficient (Wildman–Crippen LogP) is 3.95. The van der Waals surface area contributed by atoms with Crippen LogP contribution in [0.3, 0.4) is 0 Å². The van der Waals surface area contributed by atoms with E-state index in [-0.39, 0.29) is 5.69 Å². The highest BCUT2D eigenvalue weighted by molar-refractivity contribution is 5.91. The molecule has 0 fully saturated rings. The van der Waals surface area contributed by atoms with Crippen molar-refractivity contribution in [2.24, 2.45) is 5.73 Å². The third-order valence-corrected chi connectivity index (χ3v) is 3.45. The highest BCUT2D eigenvalue weighted by Crippen LogP contribution is 2.28. The number of hydrogen-bond acceptors (Lipinski definition) is 3. The van der Waals surface area contributed by atoms with Gasteiger partial charge in [0, 0.05) is 5.56 Å². The monoisotopic (exact) mass is 304 g/mol. The van der Waals surface area contributed by atoms with Crippen LogP contribution in [-0.4, -0.2) is 10.9 Å². The molecule has 1 aromatic heterocycles. The zero-order valence-electron chi connectivity index (χ0n) is 12.7. The second-order valence-electron chi connectivity index (χ2n) is 5.16. The van der Waals surface area contributed by atoms with Gasteiger partial charge in [0.25, 0.3) is 5.91 Å². The number of amides is 1. The van der Waals surface area contributed by atoms with Crippen LogP contribution < -0.4 is 10.5 Å². The van der Waals surface area contributed by atoms with Gasteiger partial charge in [0.15, 0.2) is 0 Å². The maximum Gasteiger partial charge on any atom is 0.267 e. The van der Waals surface area contributed by atoms with E-state index in [2.05, 4.69) is 4.98 Å². The van der Waals surface area contributed by atoms with Gasteiger partial charge in [-0.1, -0.05) is 24.3 Å². The summed E-state index contributed by atoms with van der Waals surface area (Å²) in [4.78, 5) is 15.6. The summed E-state index contributed by atoms with van der Waals surface area (Å²) >= 11 is 0. The lowest BCUT2D eigenvalue weighted by Gasteiger charge is -2.10. The van der Waals surface area contributed by atoms with Gasteiger partial charge in [-0.3, -0.25) is 4.79 Å². The molecule has 3 rings (SSSR count). The lowest BCUT2D eigenvalue weighted by atomic mass is 10.0. The first-order valence-corrected chi connectivity index (χ1v) is 7.24. The van der Waals surface area contributed by atoms with E-state index < -0.39 is 5.91 Å². The minimum atomic E-state index is -0.534. The molecule has 23 heavy (non-hydrogen) atoms. The van der Waals surface area contributed by atoms with Crippen LogP contribution in [0.5, 0.6) is 11.5 Å². The fraction of sp³-hybridized carbons (Fsp3) is 0.0526. The Morgan fingerprint density at radius 3 is 2.43 bits per heavy atom. The summed E-state index contributed by atoms with van der Waals surface area (Å²) in [6, 6.07) is 20.6. The number of hydrogen-bond donors (Lipinski definition) is 1. The smallest absolute Gasteiger partial charge is 0.267 e. The van der Waals surface area contributed by atoms with Gasteiger partial charge in [-0.2, -0.15) is 0 Å². The van der Waals surface area contributed by atoms with Crippen LogP contribution in [0.25, 0.3) is 11.3 Å². The number of primary amides is 1. The number of ether oxygens (including phenoxy) is 1. The molecule has 3 aromatic rings. The number of para-hydroxylation sites is 1. The molecule has 0 aliphatic rings.